The lowest BCUT2D eigenvalue weighted by molar-refractivity contribution is 0.0934. The SMILES string of the molecule is Cc1ccc(-c2cc(C(=O)NC(C)CN(C)C)cc(-n3cnnn3)c2)cc1. The summed E-state index contributed by atoms with van der Waals surface area (Å²) in [6.07, 6.45) is 1.52. The molecule has 0 radical (unpaired) electrons. The predicted octanol–water partition coefficient (Wildman–Crippen LogP) is 2.32. The number of likely N-dealkylation sites (N-methyl/N-ethyl adjacent to an activating group) is 1. The van der Waals surface area contributed by atoms with Gasteiger partial charge in [0.15, 0.2) is 0 Å². The van der Waals surface area contributed by atoms with E-state index in [1.165, 1.54) is 11.9 Å². The van der Waals surface area contributed by atoms with E-state index in [4.69, 9.17) is 0 Å². The Balaban J connectivity index is 1.97. The van der Waals surface area contributed by atoms with Crippen molar-refractivity contribution in [2.24, 2.45) is 0 Å². The Morgan fingerprint density at radius 2 is 1.89 bits per heavy atom. The minimum Gasteiger partial charge on any atom is -0.348 e. The van der Waals surface area contributed by atoms with Gasteiger partial charge in [0.1, 0.15) is 6.33 Å². The lowest BCUT2D eigenvalue weighted by atomic mass is 10.0. The lowest BCUT2D eigenvalue weighted by Crippen LogP contribution is -2.39. The second-order valence-electron chi connectivity index (χ2n) is 7.03. The van der Waals surface area contributed by atoms with Crippen LogP contribution in [0, 0.1) is 6.92 Å². The van der Waals surface area contributed by atoms with Crippen LogP contribution in [0.15, 0.2) is 48.8 Å². The second-order valence-corrected chi connectivity index (χ2v) is 7.03. The number of benzene rings is 2. The van der Waals surface area contributed by atoms with Crippen molar-refractivity contribution >= 4 is 5.91 Å². The fourth-order valence-electron chi connectivity index (χ4n) is 2.97. The Morgan fingerprint density at radius 1 is 1.15 bits per heavy atom. The molecular weight excluding hydrogens is 340 g/mol. The topological polar surface area (TPSA) is 75.9 Å². The number of nitrogens with zero attached hydrogens (tertiary/aromatic N) is 5. The first-order chi connectivity index (χ1) is 12.9. The average molecular weight is 364 g/mol. The fourth-order valence-corrected chi connectivity index (χ4v) is 2.97. The van der Waals surface area contributed by atoms with Crippen LogP contribution in [0.5, 0.6) is 0 Å². The molecule has 1 amide bonds. The Morgan fingerprint density at radius 3 is 2.52 bits per heavy atom. The summed E-state index contributed by atoms with van der Waals surface area (Å²) in [6, 6.07) is 13.9. The number of amides is 1. The molecule has 0 aliphatic carbocycles. The molecule has 1 aromatic heterocycles. The zero-order valence-electron chi connectivity index (χ0n) is 16.0. The summed E-state index contributed by atoms with van der Waals surface area (Å²) in [7, 11) is 3.97. The summed E-state index contributed by atoms with van der Waals surface area (Å²) < 4.78 is 1.55. The largest absolute Gasteiger partial charge is 0.348 e. The Labute approximate surface area is 159 Å². The van der Waals surface area contributed by atoms with Gasteiger partial charge < -0.3 is 10.2 Å². The van der Waals surface area contributed by atoms with E-state index in [1.54, 1.807) is 10.7 Å². The van der Waals surface area contributed by atoms with Gasteiger partial charge in [0.25, 0.3) is 5.91 Å². The molecule has 1 heterocycles. The number of tetrazole rings is 1. The molecule has 1 N–H and O–H groups in total. The number of aromatic nitrogens is 4. The van der Waals surface area contributed by atoms with Gasteiger partial charge in [0.05, 0.1) is 5.69 Å². The maximum absolute atomic E-state index is 12.8. The molecule has 3 rings (SSSR count). The van der Waals surface area contributed by atoms with Crippen molar-refractivity contribution < 1.29 is 4.79 Å². The number of nitrogens with one attached hydrogen (secondary N) is 1. The van der Waals surface area contributed by atoms with E-state index in [-0.39, 0.29) is 11.9 Å². The first kappa shape index (κ1) is 18.7. The number of hydrogen-bond acceptors (Lipinski definition) is 5. The molecule has 1 unspecified atom stereocenters. The van der Waals surface area contributed by atoms with Crippen molar-refractivity contribution in [3.05, 3.63) is 59.9 Å². The molecule has 140 valence electrons. The Hall–Kier alpha value is -3.06. The van der Waals surface area contributed by atoms with Crippen molar-refractivity contribution in [2.75, 3.05) is 20.6 Å². The number of carbonyl (C=O) groups is 1. The van der Waals surface area contributed by atoms with Crippen LogP contribution in [-0.2, 0) is 0 Å². The summed E-state index contributed by atoms with van der Waals surface area (Å²) in [4.78, 5) is 14.8. The fraction of sp³-hybridized carbons (Fsp3) is 0.300. The van der Waals surface area contributed by atoms with Gasteiger partial charge >= 0.3 is 0 Å². The minimum atomic E-state index is -0.118. The highest BCUT2D eigenvalue weighted by Gasteiger charge is 2.14. The van der Waals surface area contributed by atoms with Crippen LogP contribution in [0.25, 0.3) is 16.8 Å². The standard InChI is InChI=1S/C20H24N6O/c1-14-5-7-16(8-6-14)17-9-18(20(27)22-15(2)12-25(3)4)11-19(10-17)26-13-21-23-24-26/h5-11,13,15H,12H2,1-4H3,(H,22,27). The maximum atomic E-state index is 12.8. The number of carbonyl (C=O) groups excluding carboxylic acids is 1. The molecule has 2 aromatic carbocycles. The monoisotopic (exact) mass is 364 g/mol. The summed E-state index contributed by atoms with van der Waals surface area (Å²) in [6.45, 7) is 4.81. The average Bonchev–Trinajstić information content (AvgIpc) is 3.16. The molecular formula is C20H24N6O. The van der Waals surface area contributed by atoms with E-state index in [2.05, 4.69) is 33.0 Å². The van der Waals surface area contributed by atoms with Gasteiger partial charge in [0.2, 0.25) is 0 Å². The highest BCUT2D eigenvalue weighted by molar-refractivity contribution is 5.96. The van der Waals surface area contributed by atoms with E-state index in [9.17, 15) is 4.79 Å². The molecule has 0 aliphatic heterocycles. The summed E-state index contributed by atoms with van der Waals surface area (Å²) in [5, 5.41) is 14.4. The third-order valence-corrected chi connectivity index (χ3v) is 4.19. The molecule has 0 spiro atoms. The second kappa shape index (κ2) is 8.09. The lowest BCUT2D eigenvalue weighted by Gasteiger charge is -2.19. The van der Waals surface area contributed by atoms with Crippen LogP contribution in [0.4, 0.5) is 0 Å². The highest BCUT2D eigenvalue weighted by atomic mass is 16.1. The third-order valence-electron chi connectivity index (χ3n) is 4.19. The van der Waals surface area contributed by atoms with Crippen LogP contribution >= 0.6 is 0 Å². The van der Waals surface area contributed by atoms with E-state index in [0.29, 0.717) is 5.56 Å². The maximum Gasteiger partial charge on any atom is 0.251 e. The smallest absolute Gasteiger partial charge is 0.251 e. The van der Waals surface area contributed by atoms with E-state index >= 15 is 0 Å². The molecule has 0 aliphatic rings. The Kier molecular flexibility index (Phi) is 5.61. The van der Waals surface area contributed by atoms with Crippen molar-refractivity contribution in [1.29, 1.82) is 0 Å². The van der Waals surface area contributed by atoms with Crippen LogP contribution in [0.3, 0.4) is 0 Å². The molecule has 0 saturated heterocycles. The first-order valence-corrected chi connectivity index (χ1v) is 8.83. The number of rotatable bonds is 6. The van der Waals surface area contributed by atoms with Crippen molar-refractivity contribution in [3.8, 4) is 16.8 Å². The van der Waals surface area contributed by atoms with E-state index in [1.807, 2.05) is 57.1 Å². The molecule has 0 saturated carbocycles. The van der Waals surface area contributed by atoms with E-state index < -0.39 is 0 Å². The zero-order valence-corrected chi connectivity index (χ0v) is 16.0. The molecule has 7 heteroatoms. The Bertz CT molecular complexity index is 903. The number of hydrogen-bond donors (Lipinski definition) is 1. The van der Waals surface area contributed by atoms with Gasteiger partial charge in [-0.05, 0) is 67.7 Å². The van der Waals surface area contributed by atoms with Crippen LogP contribution in [0.2, 0.25) is 0 Å². The first-order valence-electron chi connectivity index (χ1n) is 8.83. The van der Waals surface area contributed by atoms with Gasteiger partial charge in [-0.15, -0.1) is 5.10 Å². The third kappa shape index (κ3) is 4.77. The molecule has 3 aromatic rings. The van der Waals surface area contributed by atoms with Gasteiger partial charge in [0, 0.05) is 18.2 Å². The van der Waals surface area contributed by atoms with Gasteiger partial charge in [-0.1, -0.05) is 29.8 Å². The van der Waals surface area contributed by atoms with Crippen molar-refractivity contribution in [2.45, 2.75) is 19.9 Å². The van der Waals surface area contributed by atoms with Gasteiger partial charge in [-0.25, -0.2) is 4.68 Å². The normalized spacial score (nSPS) is 12.2. The summed E-state index contributed by atoms with van der Waals surface area (Å²) in [5.74, 6) is -0.118. The van der Waals surface area contributed by atoms with E-state index in [0.717, 1.165) is 23.4 Å². The van der Waals surface area contributed by atoms with Gasteiger partial charge in [-0.3, -0.25) is 4.79 Å². The van der Waals surface area contributed by atoms with Crippen molar-refractivity contribution in [3.63, 3.8) is 0 Å². The minimum absolute atomic E-state index is 0.0343. The highest BCUT2D eigenvalue weighted by Crippen LogP contribution is 2.24. The molecule has 1 atom stereocenters. The zero-order chi connectivity index (χ0) is 19.4. The molecule has 0 bridgehead atoms. The van der Waals surface area contributed by atoms with Gasteiger partial charge in [-0.2, -0.15) is 0 Å². The van der Waals surface area contributed by atoms with Crippen LogP contribution < -0.4 is 5.32 Å². The van der Waals surface area contributed by atoms with Crippen molar-refractivity contribution in [1.82, 2.24) is 30.4 Å². The summed E-state index contributed by atoms with van der Waals surface area (Å²) >= 11 is 0. The molecule has 7 nitrogen and oxygen atoms in total. The van der Waals surface area contributed by atoms with Crippen LogP contribution in [-0.4, -0.2) is 57.7 Å². The number of aryl methyl sites for hydroxylation is 1. The quantitative estimate of drug-likeness (QED) is 0.726. The van der Waals surface area contributed by atoms with Crippen LogP contribution in [0.1, 0.15) is 22.8 Å². The molecule has 0 fully saturated rings. The molecule has 27 heavy (non-hydrogen) atoms. The predicted molar refractivity (Wildman–Crippen MR) is 105 cm³/mol. The summed E-state index contributed by atoms with van der Waals surface area (Å²) in [5.41, 5.74) is 4.47.